The zero-order chi connectivity index (χ0) is 20.4. The van der Waals surface area contributed by atoms with Crippen LogP contribution in [0.2, 0.25) is 5.02 Å². The van der Waals surface area contributed by atoms with Gasteiger partial charge in [0.15, 0.2) is 0 Å². The molecule has 1 aliphatic rings. The van der Waals surface area contributed by atoms with Gasteiger partial charge in [0.05, 0.1) is 28.5 Å². The van der Waals surface area contributed by atoms with Gasteiger partial charge in [0, 0.05) is 18.4 Å². The van der Waals surface area contributed by atoms with Gasteiger partial charge in [0.1, 0.15) is 17.3 Å². The van der Waals surface area contributed by atoms with E-state index in [9.17, 15) is 4.79 Å². The first-order chi connectivity index (χ1) is 14.0. The number of likely N-dealkylation sites (tertiary alicyclic amines) is 1. The van der Waals surface area contributed by atoms with E-state index in [1.165, 1.54) is 0 Å². The van der Waals surface area contributed by atoms with E-state index in [1.807, 2.05) is 43.0 Å². The van der Waals surface area contributed by atoms with Crippen molar-refractivity contribution in [3.05, 3.63) is 70.5 Å². The molecule has 7 heteroatoms. The molecule has 150 valence electrons. The monoisotopic (exact) mass is 410 g/mol. The molecule has 3 aromatic heterocycles. The fraction of sp³-hybridized carbons (Fsp3) is 0.318. The van der Waals surface area contributed by atoms with Crippen molar-refractivity contribution in [2.45, 2.75) is 39.2 Å². The van der Waals surface area contributed by atoms with Crippen molar-refractivity contribution in [2.75, 3.05) is 11.9 Å². The Morgan fingerprint density at radius 1 is 1.17 bits per heavy atom. The second-order valence-corrected chi connectivity index (χ2v) is 7.73. The highest BCUT2D eigenvalue weighted by atomic mass is 35.5. The number of anilines is 2. The first-order valence-electron chi connectivity index (χ1n) is 9.74. The predicted molar refractivity (Wildman–Crippen MR) is 113 cm³/mol. The lowest BCUT2D eigenvalue weighted by Crippen LogP contribution is -2.38. The number of nitrogens with one attached hydrogen (secondary N) is 1. The Hall–Kier alpha value is -2.86. The zero-order valence-corrected chi connectivity index (χ0v) is 17.2. The van der Waals surface area contributed by atoms with Gasteiger partial charge in [-0.3, -0.25) is 9.78 Å². The quantitative estimate of drug-likeness (QED) is 0.619. The molecule has 4 rings (SSSR count). The van der Waals surface area contributed by atoms with E-state index >= 15 is 0 Å². The Kier molecular flexibility index (Phi) is 5.53. The maximum absolute atomic E-state index is 13.2. The molecule has 0 aliphatic carbocycles. The summed E-state index contributed by atoms with van der Waals surface area (Å²) >= 11 is 6.42. The van der Waals surface area contributed by atoms with Crippen molar-refractivity contribution in [3.8, 4) is 0 Å². The minimum absolute atomic E-state index is 0.0554. The van der Waals surface area contributed by atoms with Crippen LogP contribution in [0.4, 0.5) is 11.5 Å². The van der Waals surface area contributed by atoms with Crippen LogP contribution in [0.25, 0.3) is 0 Å². The highest BCUT2D eigenvalue weighted by Gasteiger charge is 2.31. The van der Waals surface area contributed by atoms with Crippen LogP contribution < -0.4 is 5.32 Å². The van der Waals surface area contributed by atoms with Crippen molar-refractivity contribution in [1.29, 1.82) is 0 Å². The lowest BCUT2D eigenvalue weighted by Gasteiger charge is -2.34. The zero-order valence-electron chi connectivity index (χ0n) is 16.5. The smallest absolute Gasteiger partial charge is 0.256 e. The van der Waals surface area contributed by atoms with Gasteiger partial charge in [-0.2, -0.15) is 0 Å². The molecule has 29 heavy (non-hydrogen) atoms. The molecule has 1 N–H and O–H groups in total. The topological polar surface area (TPSA) is 71.3 Å². The third-order valence-electron chi connectivity index (χ3n) is 5.12. The third kappa shape index (κ3) is 4.27. The molecule has 0 saturated carbocycles. The first-order valence-corrected chi connectivity index (χ1v) is 10.1. The molecule has 1 fully saturated rings. The van der Waals surface area contributed by atoms with E-state index in [1.54, 1.807) is 18.5 Å². The van der Waals surface area contributed by atoms with Gasteiger partial charge in [-0.15, -0.1) is 0 Å². The molecule has 0 bridgehead atoms. The Morgan fingerprint density at radius 2 is 2.03 bits per heavy atom. The van der Waals surface area contributed by atoms with E-state index in [2.05, 4.69) is 15.3 Å². The first kappa shape index (κ1) is 19.5. The summed E-state index contributed by atoms with van der Waals surface area (Å²) in [6, 6.07) is 9.31. The normalized spacial score (nSPS) is 16.7. The van der Waals surface area contributed by atoms with Gasteiger partial charge in [-0.25, -0.2) is 4.98 Å². The van der Waals surface area contributed by atoms with E-state index < -0.39 is 0 Å². The van der Waals surface area contributed by atoms with Gasteiger partial charge in [0.2, 0.25) is 0 Å². The second kappa shape index (κ2) is 8.25. The van der Waals surface area contributed by atoms with Gasteiger partial charge in [-0.1, -0.05) is 11.6 Å². The van der Waals surface area contributed by atoms with Crippen LogP contribution in [0.5, 0.6) is 0 Å². The molecule has 1 amide bonds. The molecule has 0 spiro atoms. The van der Waals surface area contributed by atoms with Crippen LogP contribution in [0.1, 0.15) is 52.9 Å². The number of carbonyl (C=O) groups is 1. The van der Waals surface area contributed by atoms with Crippen molar-refractivity contribution in [3.63, 3.8) is 0 Å². The Bertz CT molecular complexity index is 1020. The molecule has 1 unspecified atom stereocenters. The van der Waals surface area contributed by atoms with Crippen molar-refractivity contribution in [2.24, 2.45) is 0 Å². The number of hydrogen-bond donors (Lipinski definition) is 1. The summed E-state index contributed by atoms with van der Waals surface area (Å²) in [5.41, 5.74) is 2.18. The summed E-state index contributed by atoms with van der Waals surface area (Å²) in [6.07, 6.45) is 6.22. The number of furan rings is 1. The molecule has 1 aliphatic heterocycles. The van der Waals surface area contributed by atoms with Crippen LogP contribution in [0.3, 0.4) is 0 Å². The second-order valence-electron chi connectivity index (χ2n) is 7.33. The summed E-state index contributed by atoms with van der Waals surface area (Å²) in [6.45, 7) is 4.53. The average molecular weight is 411 g/mol. The number of pyridine rings is 2. The Balaban J connectivity index is 1.54. The Labute approximate surface area is 174 Å². The molecule has 0 radical (unpaired) electrons. The summed E-state index contributed by atoms with van der Waals surface area (Å²) in [7, 11) is 0. The summed E-state index contributed by atoms with van der Waals surface area (Å²) in [5, 5.41) is 3.52. The number of halogens is 1. The van der Waals surface area contributed by atoms with Crippen molar-refractivity contribution in [1.82, 2.24) is 14.9 Å². The van der Waals surface area contributed by atoms with E-state index in [0.29, 0.717) is 22.9 Å². The number of aromatic nitrogens is 2. The maximum Gasteiger partial charge on any atom is 0.256 e. The van der Waals surface area contributed by atoms with Crippen molar-refractivity contribution >= 4 is 29.0 Å². The number of piperidine rings is 1. The summed E-state index contributed by atoms with van der Waals surface area (Å²) in [5.74, 6) is 2.09. The minimum atomic E-state index is -0.0818. The third-order valence-corrected chi connectivity index (χ3v) is 5.40. The molecular formula is C22H23ClN4O2. The maximum atomic E-state index is 13.2. The van der Waals surface area contributed by atoms with Crippen LogP contribution in [0.15, 0.2) is 47.1 Å². The molecule has 1 atom stereocenters. The number of rotatable bonds is 4. The highest BCUT2D eigenvalue weighted by molar-refractivity contribution is 6.33. The fourth-order valence-electron chi connectivity index (χ4n) is 3.59. The minimum Gasteiger partial charge on any atom is -0.464 e. The van der Waals surface area contributed by atoms with Crippen LogP contribution in [-0.4, -0.2) is 27.3 Å². The standard InChI is InChI=1S/C22H23ClN4O2/c1-14-6-8-17(13-24-14)26-21-18(23)11-16(12-25-21)22(28)27-10-4-3-5-19(27)20-9-7-15(2)29-20/h6-9,11-13,19H,3-5,10H2,1-2H3,(H,25,26). The number of amides is 1. The molecular weight excluding hydrogens is 388 g/mol. The van der Waals surface area contributed by atoms with Crippen LogP contribution in [-0.2, 0) is 0 Å². The van der Waals surface area contributed by atoms with Crippen molar-refractivity contribution < 1.29 is 9.21 Å². The van der Waals surface area contributed by atoms with Gasteiger partial charge in [0.25, 0.3) is 5.91 Å². The Morgan fingerprint density at radius 3 is 2.72 bits per heavy atom. The van der Waals surface area contributed by atoms with E-state index in [-0.39, 0.29) is 11.9 Å². The summed E-state index contributed by atoms with van der Waals surface area (Å²) in [4.78, 5) is 23.7. The lowest BCUT2D eigenvalue weighted by atomic mass is 9.99. The number of carbonyl (C=O) groups excluding carboxylic acids is 1. The molecule has 4 heterocycles. The number of aryl methyl sites for hydroxylation is 2. The molecule has 3 aromatic rings. The fourth-order valence-corrected chi connectivity index (χ4v) is 3.81. The number of hydrogen-bond acceptors (Lipinski definition) is 5. The lowest BCUT2D eigenvalue weighted by molar-refractivity contribution is 0.0578. The largest absolute Gasteiger partial charge is 0.464 e. The van der Waals surface area contributed by atoms with E-state index in [4.69, 9.17) is 16.0 Å². The average Bonchev–Trinajstić information content (AvgIpc) is 3.17. The van der Waals surface area contributed by atoms with E-state index in [0.717, 1.165) is 42.2 Å². The number of nitrogens with zero attached hydrogens (tertiary/aromatic N) is 3. The molecule has 1 saturated heterocycles. The highest BCUT2D eigenvalue weighted by Crippen LogP contribution is 2.34. The van der Waals surface area contributed by atoms with Crippen LogP contribution >= 0.6 is 11.6 Å². The van der Waals surface area contributed by atoms with Gasteiger partial charge < -0.3 is 14.6 Å². The summed E-state index contributed by atoms with van der Waals surface area (Å²) < 4.78 is 5.81. The van der Waals surface area contributed by atoms with Crippen LogP contribution in [0, 0.1) is 13.8 Å². The van der Waals surface area contributed by atoms with Gasteiger partial charge >= 0.3 is 0 Å². The van der Waals surface area contributed by atoms with Gasteiger partial charge in [-0.05, 0) is 63.4 Å². The molecule has 6 nitrogen and oxygen atoms in total. The SMILES string of the molecule is Cc1ccc(Nc2ncc(C(=O)N3CCCCC3c3ccc(C)o3)cc2Cl)cn1. The molecule has 0 aromatic carbocycles. The predicted octanol–water partition coefficient (Wildman–Crippen LogP) is 5.45.